The number of rotatable bonds is 1. The molecule has 0 aliphatic carbocycles. The lowest BCUT2D eigenvalue weighted by Crippen LogP contribution is -1.92. The molecule has 1 rings (SSSR count). The Balaban J connectivity index is 0.000000217. The van der Waals surface area contributed by atoms with Gasteiger partial charge < -0.3 is 10.8 Å². The summed E-state index contributed by atoms with van der Waals surface area (Å²) in [4.78, 5) is 9.29. The fourth-order valence-electron chi connectivity index (χ4n) is 0.453. The number of hydrogen-bond acceptors (Lipinski definition) is 3. The Morgan fingerprint density at radius 1 is 1.42 bits per heavy atom. The Kier molecular flexibility index (Phi) is 5.91. The molecule has 0 aliphatic heterocycles. The number of nitrogen functional groups attached to an aromatic ring is 1. The lowest BCUT2D eigenvalue weighted by Gasteiger charge is -1.83. The molecule has 0 aliphatic rings. The minimum Gasteiger partial charge on any atom is -0.481 e. The summed E-state index contributed by atoms with van der Waals surface area (Å²) in [5, 5.41) is 7.65. The SMILES string of the molecule is Nc1ccccc1.O=C(O)CS. The van der Waals surface area contributed by atoms with Gasteiger partial charge in [-0.3, -0.25) is 4.79 Å². The van der Waals surface area contributed by atoms with Crippen LogP contribution in [0, 0.1) is 0 Å². The fraction of sp³-hybridized carbons (Fsp3) is 0.125. The van der Waals surface area contributed by atoms with Gasteiger partial charge in [-0.05, 0) is 12.1 Å². The van der Waals surface area contributed by atoms with Crippen LogP contribution in [0.3, 0.4) is 0 Å². The maximum atomic E-state index is 9.29. The molecule has 0 radical (unpaired) electrons. The van der Waals surface area contributed by atoms with Crippen molar-refractivity contribution in [1.29, 1.82) is 0 Å². The van der Waals surface area contributed by atoms with Crippen molar-refractivity contribution >= 4 is 24.3 Å². The molecular weight excluding hydrogens is 174 g/mol. The third-order valence-corrected chi connectivity index (χ3v) is 1.21. The van der Waals surface area contributed by atoms with Crippen molar-refractivity contribution in [3.8, 4) is 0 Å². The minimum atomic E-state index is -0.881. The first kappa shape index (κ1) is 10.8. The molecule has 0 saturated carbocycles. The van der Waals surface area contributed by atoms with E-state index in [2.05, 4.69) is 12.6 Å². The molecule has 0 spiro atoms. The summed E-state index contributed by atoms with van der Waals surface area (Å²) in [5.41, 5.74) is 6.18. The molecule has 0 amide bonds. The Morgan fingerprint density at radius 2 is 1.83 bits per heavy atom. The van der Waals surface area contributed by atoms with Crippen LogP contribution in [-0.4, -0.2) is 16.8 Å². The average molecular weight is 185 g/mol. The summed E-state index contributed by atoms with van der Waals surface area (Å²) in [6.07, 6.45) is 0. The number of carboxylic acids is 1. The van der Waals surface area contributed by atoms with Crippen LogP contribution in [0.1, 0.15) is 0 Å². The van der Waals surface area contributed by atoms with Crippen LogP contribution in [-0.2, 0) is 4.79 Å². The number of anilines is 1. The zero-order valence-corrected chi connectivity index (χ0v) is 7.37. The standard InChI is InChI=1S/C6H7N.C2H4O2S/c7-6-4-2-1-3-5-6;3-2(4)1-5/h1-5H,7H2;5H,1H2,(H,3,4). The van der Waals surface area contributed by atoms with Crippen LogP contribution in [0.25, 0.3) is 0 Å². The highest BCUT2D eigenvalue weighted by atomic mass is 32.1. The van der Waals surface area contributed by atoms with Gasteiger partial charge in [0.05, 0.1) is 5.75 Å². The van der Waals surface area contributed by atoms with Crippen molar-refractivity contribution in [2.45, 2.75) is 0 Å². The van der Waals surface area contributed by atoms with E-state index in [4.69, 9.17) is 10.8 Å². The van der Waals surface area contributed by atoms with E-state index in [1.165, 1.54) is 0 Å². The first-order chi connectivity index (χ1) is 5.66. The van der Waals surface area contributed by atoms with Crippen LogP contribution in [0.15, 0.2) is 30.3 Å². The maximum Gasteiger partial charge on any atom is 0.313 e. The molecule has 0 bridgehead atoms. The highest BCUT2D eigenvalue weighted by Gasteiger charge is 1.81. The highest BCUT2D eigenvalue weighted by molar-refractivity contribution is 7.81. The second-order valence-corrected chi connectivity index (χ2v) is 2.28. The number of carbonyl (C=O) groups is 1. The average Bonchev–Trinajstić information content (AvgIpc) is 2.07. The lowest BCUT2D eigenvalue weighted by molar-refractivity contribution is -0.133. The largest absolute Gasteiger partial charge is 0.481 e. The molecule has 1 aromatic rings. The van der Waals surface area contributed by atoms with Gasteiger partial charge in [-0.2, -0.15) is 12.6 Å². The van der Waals surface area contributed by atoms with Crippen LogP contribution in [0.5, 0.6) is 0 Å². The topological polar surface area (TPSA) is 63.3 Å². The van der Waals surface area contributed by atoms with Crippen LogP contribution in [0.4, 0.5) is 5.69 Å². The van der Waals surface area contributed by atoms with Crippen molar-refractivity contribution in [2.75, 3.05) is 11.5 Å². The monoisotopic (exact) mass is 185 g/mol. The number of thiol groups is 1. The molecule has 3 N–H and O–H groups in total. The molecule has 0 heterocycles. The van der Waals surface area contributed by atoms with Crippen LogP contribution >= 0.6 is 12.6 Å². The summed E-state index contributed by atoms with van der Waals surface area (Å²) < 4.78 is 0. The molecular formula is C8H11NO2S. The Morgan fingerprint density at radius 3 is 2.00 bits per heavy atom. The molecule has 0 saturated heterocycles. The fourth-order valence-corrected chi connectivity index (χ4v) is 0.453. The Labute approximate surface area is 76.6 Å². The number of nitrogens with two attached hydrogens (primary N) is 1. The van der Waals surface area contributed by atoms with Gasteiger partial charge in [0.2, 0.25) is 0 Å². The van der Waals surface area contributed by atoms with Crippen molar-refractivity contribution in [3.63, 3.8) is 0 Å². The van der Waals surface area contributed by atoms with E-state index in [1.54, 1.807) is 0 Å². The molecule has 1 aromatic carbocycles. The van der Waals surface area contributed by atoms with Gasteiger partial charge in [-0.1, -0.05) is 18.2 Å². The van der Waals surface area contributed by atoms with Crippen LogP contribution in [0.2, 0.25) is 0 Å². The lowest BCUT2D eigenvalue weighted by atomic mass is 10.3. The first-order valence-corrected chi connectivity index (χ1v) is 3.93. The number of carboxylic acid groups (broad SMARTS) is 1. The molecule has 66 valence electrons. The van der Waals surface area contributed by atoms with E-state index in [9.17, 15) is 4.79 Å². The van der Waals surface area contributed by atoms with E-state index >= 15 is 0 Å². The van der Waals surface area contributed by atoms with Gasteiger partial charge in [0, 0.05) is 5.69 Å². The van der Waals surface area contributed by atoms with Crippen molar-refractivity contribution < 1.29 is 9.90 Å². The molecule has 4 heteroatoms. The van der Waals surface area contributed by atoms with Gasteiger partial charge in [0.1, 0.15) is 0 Å². The summed E-state index contributed by atoms with van der Waals surface area (Å²) in [5.74, 6) is -0.965. The number of aliphatic carboxylic acids is 1. The van der Waals surface area contributed by atoms with Gasteiger partial charge in [-0.25, -0.2) is 0 Å². The van der Waals surface area contributed by atoms with E-state index in [0.717, 1.165) is 5.69 Å². The minimum absolute atomic E-state index is 0.0833. The summed E-state index contributed by atoms with van der Waals surface area (Å²) in [7, 11) is 0. The molecule has 12 heavy (non-hydrogen) atoms. The number of hydrogen-bond donors (Lipinski definition) is 3. The van der Waals surface area contributed by atoms with E-state index in [-0.39, 0.29) is 5.75 Å². The molecule has 0 fully saturated rings. The first-order valence-electron chi connectivity index (χ1n) is 3.30. The summed E-state index contributed by atoms with van der Waals surface area (Å²) in [6.45, 7) is 0. The van der Waals surface area contributed by atoms with Crippen molar-refractivity contribution in [3.05, 3.63) is 30.3 Å². The van der Waals surface area contributed by atoms with Gasteiger partial charge in [0.25, 0.3) is 0 Å². The van der Waals surface area contributed by atoms with E-state index < -0.39 is 5.97 Å². The second kappa shape index (κ2) is 6.54. The van der Waals surface area contributed by atoms with E-state index in [0.29, 0.717) is 0 Å². The second-order valence-electron chi connectivity index (χ2n) is 1.96. The Bertz CT molecular complexity index is 226. The van der Waals surface area contributed by atoms with Gasteiger partial charge >= 0.3 is 5.97 Å². The highest BCUT2D eigenvalue weighted by Crippen LogP contribution is 1.95. The van der Waals surface area contributed by atoms with Gasteiger partial charge in [0.15, 0.2) is 0 Å². The zero-order chi connectivity index (χ0) is 9.40. The summed E-state index contributed by atoms with van der Waals surface area (Å²) >= 11 is 3.42. The zero-order valence-electron chi connectivity index (χ0n) is 6.47. The smallest absolute Gasteiger partial charge is 0.313 e. The predicted molar refractivity (Wildman–Crippen MR) is 52.3 cm³/mol. The quantitative estimate of drug-likeness (QED) is 0.456. The van der Waals surface area contributed by atoms with E-state index in [1.807, 2.05) is 30.3 Å². The van der Waals surface area contributed by atoms with Crippen molar-refractivity contribution in [2.24, 2.45) is 0 Å². The maximum absolute atomic E-state index is 9.29. The molecule has 0 atom stereocenters. The molecule has 0 unspecified atom stereocenters. The third kappa shape index (κ3) is 6.95. The Hall–Kier alpha value is -1.16. The molecule has 3 nitrogen and oxygen atoms in total. The van der Waals surface area contributed by atoms with Crippen molar-refractivity contribution in [1.82, 2.24) is 0 Å². The number of para-hydroxylation sites is 1. The molecule has 0 aromatic heterocycles. The summed E-state index contributed by atoms with van der Waals surface area (Å²) in [6, 6.07) is 9.49. The van der Waals surface area contributed by atoms with Gasteiger partial charge in [-0.15, -0.1) is 0 Å². The predicted octanol–water partition coefficient (Wildman–Crippen LogP) is 1.27. The van der Waals surface area contributed by atoms with Crippen LogP contribution < -0.4 is 5.73 Å². The normalized spacial score (nSPS) is 8.08. The number of benzene rings is 1. The third-order valence-electron chi connectivity index (χ3n) is 0.935.